The monoisotopic (exact) mass is 336 g/mol. The molecule has 0 unspecified atom stereocenters. The summed E-state index contributed by atoms with van der Waals surface area (Å²) in [6.07, 6.45) is 3.72. The van der Waals surface area contributed by atoms with Crippen LogP contribution in [0, 0.1) is 0 Å². The summed E-state index contributed by atoms with van der Waals surface area (Å²) < 4.78 is 18.0. The molecule has 1 fully saturated rings. The van der Waals surface area contributed by atoms with Gasteiger partial charge in [0.15, 0.2) is 0 Å². The average Bonchev–Trinajstić information content (AvgIpc) is 2.71. The molecule has 1 heterocycles. The van der Waals surface area contributed by atoms with E-state index in [-0.39, 0.29) is 11.2 Å². The molecule has 1 aliphatic heterocycles. The molecule has 5 heteroatoms. The third-order valence-electron chi connectivity index (χ3n) is 4.58. The summed E-state index contributed by atoms with van der Waals surface area (Å²) in [7, 11) is -0.390. The first-order valence-electron chi connectivity index (χ1n) is 8.11. The first-order chi connectivity index (χ1) is 10.8. The maximum Gasteiger partial charge on any atom is 0.495 e. The number of alkyl halides is 1. The zero-order valence-electron chi connectivity index (χ0n) is 14.5. The second-order valence-corrected chi connectivity index (χ2v) is 7.21. The van der Waals surface area contributed by atoms with Gasteiger partial charge in [0.05, 0.1) is 17.8 Å². The van der Waals surface area contributed by atoms with Gasteiger partial charge in [-0.3, -0.25) is 0 Å². The highest BCUT2D eigenvalue weighted by molar-refractivity contribution is 6.63. The Morgan fingerprint density at radius 1 is 1.17 bits per heavy atom. The van der Waals surface area contributed by atoms with Crippen LogP contribution in [0.15, 0.2) is 24.8 Å². The Morgan fingerprint density at radius 2 is 1.83 bits per heavy atom. The van der Waals surface area contributed by atoms with Crippen LogP contribution in [-0.2, 0) is 9.31 Å². The predicted octanol–water partition coefficient (Wildman–Crippen LogP) is 4.03. The minimum Gasteiger partial charge on any atom is -0.494 e. The van der Waals surface area contributed by atoms with E-state index >= 15 is 0 Å². The van der Waals surface area contributed by atoms with Crippen molar-refractivity contribution >= 4 is 30.3 Å². The molecule has 1 aromatic rings. The molecule has 1 aromatic carbocycles. The number of hydrogen-bond donors (Lipinski definition) is 0. The molecule has 1 saturated heterocycles. The molecular formula is C18H26BClO3. The fraction of sp³-hybridized carbons (Fsp3) is 0.556. The van der Waals surface area contributed by atoms with Crippen molar-refractivity contribution in [3.8, 4) is 5.75 Å². The zero-order chi connectivity index (χ0) is 17.1. The molecule has 0 radical (unpaired) electrons. The highest BCUT2D eigenvalue weighted by Gasteiger charge is 2.52. The van der Waals surface area contributed by atoms with Gasteiger partial charge in [-0.15, -0.1) is 11.6 Å². The molecule has 0 saturated carbocycles. The number of hydrogen-bond acceptors (Lipinski definition) is 3. The fourth-order valence-electron chi connectivity index (χ4n) is 2.39. The zero-order valence-corrected chi connectivity index (χ0v) is 15.3. The predicted molar refractivity (Wildman–Crippen MR) is 97.7 cm³/mol. The number of halogens is 1. The topological polar surface area (TPSA) is 27.7 Å². The Labute approximate surface area is 145 Å². The largest absolute Gasteiger partial charge is 0.495 e. The Hall–Kier alpha value is -0.965. The normalized spacial score (nSPS) is 18.9. The molecular weight excluding hydrogens is 310 g/mol. The van der Waals surface area contributed by atoms with Crippen molar-refractivity contribution in [1.29, 1.82) is 0 Å². The summed E-state index contributed by atoms with van der Waals surface area (Å²) in [4.78, 5) is 0. The van der Waals surface area contributed by atoms with Crippen LogP contribution < -0.4 is 10.2 Å². The highest BCUT2D eigenvalue weighted by atomic mass is 35.5. The molecule has 0 atom stereocenters. The third kappa shape index (κ3) is 4.12. The smallest absolute Gasteiger partial charge is 0.494 e. The van der Waals surface area contributed by atoms with E-state index in [1.807, 2.05) is 24.3 Å². The van der Waals surface area contributed by atoms with Crippen LogP contribution >= 0.6 is 11.6 Å². The lowest BCUT2D eigenvalue weighted by Gasteiger charge is -2.32. The van der Waals surface area contributed by atoms with Gasteiger partial charge in [0.1, 0.15) is 5.75 Å². The van der Waals surface area contributed by atoms with Crippen molar-refractivity contribution in [3.05, 3.63) is 30.3 Å². The maximum absolute atomic E-state index is 6.12. The minimum absolute atomic E-state index is 0.354. The van der Waals surface area contributed by atoms with Crippen molar-refractivity contribution in [2.75, 3.05) is 12.5 Å². The van der Waals surface area contributed by atoms with Crippen molar-refractivity contribution in [2.45, 2.75) is 51.7 Å². The molecule has 3 nitrogen and oxygen atoms in total. The number of ether oxygens (including phenoxy) is 1. The van der Waals surface area contributed by atoms with Crippen LogP contribution in [0.5, 0.6) is 5.75 Å². The van der Waals surface area contributed by atoms with E-state index in [4.69, 9.17) is 25.6 Å². The van der Waals surface area contributed by atoms with E-state index in [2.05, 4.69) is 34.3 Å². The van der Waals surface area contributed by atoms with Gasteiger partial charge in [-0.05, 0) is 63.7 Å². The second kappa shape index (κ2) is 7.29. The van der Waals surface area contributed by atoms with Gasteiger partial charge >= 0.3 is 7.12 Å². The molecule has 2 rings (SSSR count). The summed E-state index contributed by atoms with van der Waals surface area (Å²) in [5.74, 6) is 1.50. The highest BCUT2D eigenvalue weighted by Crippen LogP contribution is 2.36. The average molecular weight is 337 g/mol. The standard InChI is InChI=1S/C18H26BClO3/c1-6-14-13-15(21-12-8-7-11-20)9-10-16(14)19-22-17(2,3)18(4,5)23-19/h6,9-10,13H,1,7-8,11-12H2,2-5H3. The van der Waals surface area contributed by atoms with Gasteiger partial charge < -0.3 is 14.0 Å². The van der Waals surface area contributed by atoms with Crippen LogP contribution in [0.25, 0.3) is 6.08 Å². The molecule has 1 aliphatic rings. The minimum atomic E-state index is -0.390. The Balaban J connectivity index is 2.13. The second-order valence-electron chi connectivity index (χ2n) is 6.83. The molecule has 126 valence electrons. The molecule has 0 aliphatic carbocycles. The van der Waals surface area contributed by atoms with Crippen molar-refractivity contribution in [3.63, 3.8) is 0 Å². The van der Waals surface area contributed by atoms with E-state index in [9.17, 15) is 0 Å². The van der Waals surface area contributed by atoms with Gasteiger partial charge in [0.2, 0.25) is 0 Å². The van der Waals surface area contributed by atoms with Gasteiger partial charge in [0.25, 0.3) is 0 Å². The van der Waals surface area contributed by atoms with E-state index < -0.39 is 7.12 Å². The number of benzene rings is 1. The number of unbranched alkanes of at least 4 members (excludes halogenated alkanes) is 1. The maximum atomic E-state index is 6.12. The van der Waals surface area contributed by atoms with Gasteiger partial charge in [-0.2, -0.15) is 0 Å². The van der Waals surface area contributed by atoms with Crippen molar-refractivity contribution in [1.82, 2.24) is 0 Å². The first-order valence-corrected chi connectivity index (χ1v) is 8.65. The molecule has 0 amide bonds. The summed E-state index contributed by atoms with van der Waals surface area (Å²) in [5.41, 5.74) is 1.24. The first kappa shape index (κ1) is 18.4. The molecule has 0 N–H and O–H groups in total. The van der Waals surface area contributed by atoms with Crippen LogP contribution in [0.4, 0.5) is 0 Å². The van der Waals surface area contributed by atoms with Crippen LogP contribution in [-0.4, -0.2) is 30.8 Å². The molecule has 0 bridgehead atoms. The van der Waals surface area contributed by atoms with Crippen molar-refractivity contribution in [2.24, 2.45) is 0 Å². The summed E-state index contributed by atoms with van der Waals surface area (Å²) in [5, 5.41) is 0. The van der Waals surface area contributed by atoms with Gasteiger partial charge in [0, 0.05) is 5.88 Å². The Bertz CT molecular complexity index is 541. The fourth-order valence-corrected chi connectivity index (χ4v) is 2.58. The van der Waals surface area contributed by atoms with E-state index in [1.165, 1.54) is 0 Å². The lowest BCUT2D eigenvalue weighted by atomic mass is 9.76. The summed E-state index contributed by atoms with van der Waals surface area (Å²) >= 11 is 5.67. The lowest BCUT2D eigenvalue weighted by Crippen LogP contribution is -2.41. The Morgan fingerprint density at radius 3 is 2.39 bits per heavy atom. The van der Waals surface area contributed by atoms with Crippen LogP contribution in [0.3, 0.4) is 0 Å². The molecule has 0 spiro atoms. The molecule has 0 aromatic heterocycles. The van der Waals surface area contributed by atoms with E-state index in [0.717, 1.165) is 29.6 Å². The van der Waals surface area contributed by atoms with Crippen LogP contribution in [0.2, 0.25) is 0 Å². The Kier molecular flexibility index (Phi) is 5.82. The van der Waals surface area contributed by atoms with E-state index in [0.29, 0.717) is 12.5 Å². The molecule has 23 heavy (non-hydrogen) atoms. The van der Waals surface area contributed by atoms with E-state index in [1.54, 1.807) is 0 Å². The van der Waals surface area contributed by atoms with Gasteiger partial charge in [-0.1, -0.05) is 18.7 Å². The number of rotatable bonds is 7. The van der Waals surface area contributed by atoms with Crippen molar-refractivity contribution < 1.29 is 14.0 Å². The SMILES string of the molecule is C=Cc1cc(OCCCCCl)ccc1B1OC(C)(C)C(C)(C)O1. The van der Waals surface area contributed by atoms with Gasteiger partial charge in [-0.25, -0.2) is 0 Å². The quantitative estimate of drug-likeness (QED) is 0.427. The van der Waals surface area contributed by atoms with Crippen LogP contribution in [0.1, 0.15) is 46.1 Å². The summed E-state index contributed by atoms with van der Waals surface area (Å²) in [6, 6.07) is 5.93. The lowest BCUT2D eigenvalue weighted by molar-refractivity contribution is 0.00578. The third-order valence-corrected chi connectivity index (χ3v) is 4.85. The summed E-state index contributed by atoms with van der Waals surface area (Å²) in [6.45, 7) is 12.8.